The lowest BCUT2D eigenvalue weighted by Gasteiger charge is -1.92. The molecule has 0 fully saturated rings. The number of rotatable bonds is 2. The zero-order valence-corrected chi connectivity index (χ0v) is 10.8. The minimum Gasteiger partial charge on any atom is -0.334 e. The number of hydrogen-bond acceptors (Lipinski definition) is 7. The van der Waals surface area contributed by atoms with Gasteiger partial charge in [-0.1, -0.05) is 16.9 Å². The second kappa shape index (κ2) is 4.08. The zero-order chi connectivity index (χ0) is 11.8. The number of nitrogens with zero attached hydrogens (tertiary/aromatic N) is 4. The third-order valence-corrected chi connectivity index (χ3v) is 4.15. The number of aryl methyl sites for hydroxylation is 1. The van der Waals surface area contributed by atoms with Gasteiger partial charge in [-0.3, -0.25) is 0 Å². The van der Waals surface area contributed by atoms with E-state index in [0.29, 0.717) is 11.7 Å². The molecule has 3 aromatic rings. The molecule has 0 spiro atoms. The standard InChI is InChI=1S/C10H8N4OS2/c1-5-12-9(15-14-5)6-3-7-8(11-4-6)13-10(16-2)17-7/h3-4H,1-2H3. The molecule has 3 aromatic heterocycles. The van der Waals surface area contributed by atoms with Gasteiger partial charge in [0.05, 0.1) is 10.3 Å². The SMILES string of the molecule is CSc1nc2ncc(-c3nc(C)no3)cc2s1. The van der Waals surface area contributed by atoms with E-state index < -0.39 is 0 Å². The maximum Gasteiger partial charge on any atom is 0.259 e. The van der Waals surface area contributed by atoms with E-state index in [-0.39, 0.29) is 0 Å². The van der Waals surface area contributed by atoms with Gasteiger partial charge in [-0.2, -0.15) is 4.98 Å². The van der Waals surface area contributed by atoms with Gasteiger partial charge in [0.15, 0.2) is 15.8 Å². The fraction of sp³-hybridized carbons (Fsp3) is 0.200. The minimum atomic E-state index is 0.496. The predicted octanol–water partition coefficient (Wildman–Crippen LogP) is 2.77. The Hall–Kier alpha value is -1.47. The first-order valence-corrected chi connectivity index (χ1v) is 6.91. The summed E-state index contributed by atoms with van der Waals surface area (Å²) in [4.78, 5) is 12.8. The van der Waals surface area contributed by atoms with Gasteiger partial charge in [-0.25, -0.2) is 9.97 Å². The highest BCUT2D eigenvalue weighted by atomic mass is 32.2. The molecule has 5 nitrogen and oxygen atoms in total. The van der Waals surface area contributed by atoms with E-state index in [4.69, 9.17) is 4.52 Å². The Balaban J connectivity index is 2.12. The van der Waals surface area contributed by atoms with E-state index in [1.165, 1.54) is 0 Å². The fourth-order valence-electron chi connectivity index (χ4n) is 1.42. The highest BCUT2D eigenvalue weighted by Crippen LogP contribution is 2.29. The van der Waals surface area contributed by atoms with Crippen molar-refractivity contribution in [2.24, 2.45) is 0 Å². The first-order valence-electron chi connectivity index (χ1n) is 4.87. The predicted molar refractivity (Wildman–Crippen MR) is 67.2 cm³/mol. The highest BCUT2D eigenvalue weighted by Gasteiger charge is 2.10. The van der Waals surface area contributed by atoms with Gasteiger partial charge in [0.2, 0.25) is 0 Å². The minimum absolute atomic E-state index is 0.496. The quantitative estimate of drug-likeness (QED) is 0.663. The van der Waals surface area contributed by atoms with Crippen LogP contribution in [-0.2, 0) is 0 Å². The summed E-state index contributed by atoms with van der Waals surface area (Å²) < 4.78 is 7.15. The zero-order valence-electron chi connectivity index (χ0n) is 9.17. The molecule has 0 unspecified atom stereocenters. The van der Waals surface area contributed by atoms with E-state index in [0.717, 1.165) is 20.3 Å². The Morgan fingerprint density at radius 3 is 2.94 bits per heavy atom. The Morgan fingerprint density at radius 2 is 2.24 bits per heavy atom. The summed E-state index contributed by atoms with van der Waals surface area (Å²) in [7, 11) is 0. The molecule has 0 aliphatic rings. The summed E-state index contributed by atoms with van der Waals surface area (Å²) >= 11 is 3.23. The van der Waals surface area contributed by atoms with E-state index in [9.17, 15) is 0 Å². The highest BCUT2D eigenvalue weighted by molar-refractivity contribution is 8.00. The van der Waals surface area contributed by atoms with Crippen LogP contribution in [0.5, 0.6) is 0 Å². The Bertz CT molecular complexity index is 676. The lowest BCUT2D eigenvalue weighted by atomic mass is 10.3. The second-order valence-electron chi connectivity index (χ2n) is 3.38. The van der Waals surface area contributed by atoms with Gasteiger partial charge in [0.1, 0.15) is 0 Å². The summed E-state index contributed by atoms with van der Waals surface area (Å²) in [6.07, 6.45) is 3.71. The molecule has 0 bridgehead atoms. The van der Waals surface area contributed by atoms with Crippen molar-refractivity contribution in [3.8, 4) is 11.5 Å². The van der Waals surface area contributed by atoms with Crippen LogP contribution < -0.4 is 0 Å². The van der Waals surface area contributed by atoms with Crippen LogP contribution in [0.2, 0.25) is 0 Å². The van der Waals surface area contributed by atoms with Gasteiger partial charge in [-0.05, 0) is 19.2 Å². The molecule has 0 N–H and O–H groups in total. The third kappa shape index (κ3) is 1.91. The summed E-state index contributed by atoms with van der Waals surface area (Å²) in [5, 5.41) is 3.76. The molecular weight excluding hydrogens is 256 g/mol. The van der Waals surface area contributed by atoms with Crippen LogP contribution in [0.3, 0.4) is 0 Å². The molecule has 7 heteroatoms. The maximum atomic E-state index is 5.11. The van der Waals surface area contributed by atoms with E-state index in [2.05, 4.69) is 20.1 Å². The molecule has 17 heavy (non-hydrogen) atoms. The van der Waals surface area contributed by atoms with Crippen LogP contribution in [0.4, 0.5) is 0 Å². The van der Waals surface area contributed by atoms with Crippen LogP contribution in [0.15, 0.2) is 21.1 Å². The van der Waals surface area contributed by atoms with Crippen molar-refractivity contribution in [3.63, 3.8) is 0 Å². The van der Waals surface area contributed by atoms with Gasteiger partial charge < -0.3 is 4.52 Å². The fourth-order valence-corrected chi connectivity index (χ4v) is 2.89. The normalized spacial score (nSPS) is 11.2. The number of pyridine rings is 1. The van der Waals surface area contributed by atoms with Crippen LogP contribution in [-0.4, -0.2) is 26.4 Å². The lowest BCUT2D eigenvalue weighted by Crippen LogP contribution is -1.81. The average Bonchev–Trinajstić information content (AvgIpc) is 2.93. The molecule has 0 aliphatic carbocycles. The van der Waals surface area contributed by atoms with Gasteiger partial charge >= 0.3 is 0 Å². The third-order valence-electron chi connectivity index (χ3n) is 2.18. The lowest BCUT2D eigenvalue weighted by molar-refractivity contribution is 0.425. The van der Waals surface area contributed by atoms with Crippen molar-refractivity contribution in [3.05, 3.63) is 18.1 Å². The number of thiazole rings is 1. The Kier molecular flexibility index (Phi) is 2.56. The summed E-state index contributed by atoms with van der Waals surface area (Å²) in [5.41, 5.74) is 1.59. The maximum absolute atomic E-state index is 5.11. The Labute approximate surface area is 105 Å². The monoisotopic (exact) mass is 264 g/mol. The first kappa shape index (κ1) is 10.7. The Morgan fingerprint density at radius 1 is 1.35 bits per heavy atom. The molecule has 0 aliphatic heterocycles. The van der Waals surface area contributed by atoms with Crippen molar-refractivity contribution in [2.45, 2.75) is 11.3 Å². The van der Waals surface area contributed by atoms with Crippen LogP contribution in [0.25, 0.3) is 21.8 Å². The van der Waals surface area contributed by atoms with Gasteiger partial charge in [-0.15, -0.1) is 11.3 Å². The molecule has 0 atom stereocenters. The van der Waals surface area contributed by atoms with Crippen molar-refractivity contribution in [2.75, 3.05) is 6.26 Å². The first-order chi connectivity index (χ1) is 8.26. The number of aromatic nitrogens is 4. The van der Waals surface area contributed by atoms with E-state index >= 15 is 0 Å². The number of thioether (sulfide) groups is 1. The average molecular weight is 264 g/mol. The largest absolute Gasteiger partial charge is 0.334 e. The van der Waals surface area contributed by atoms with Gasteiger partial charge in [0, 0.05) is 6.20 Å². The van der Waals surface area contributed by atoms with E-state index in [1.807, 2.05) is 12.3 Å². The van der Waals surface area contributed by atoms with E-state index in [1.54, 1.807) is 36.2 Å². The second-order valence-corrected chi connectivity index (χ2v) is 5.46. The van der Waals surface area contributed by atoms with Crippen LogP contribution in [0, 0.1) is 6.92 Å². The molecule has 0 saturated heterocycles. The van der Waals surface area contributed by atoms with Crippen molar-refractivity contribution >= 4 is 33.4 Å². The summed E-state index contributed by atoms with van der Waals surface area (Å²) in [6, 6.07) is 1.98. The molecule has 0 radical (unpaired) electrons. The molecule has 0 aromatic carbocycles. The van der Waals surface area contributed by atoms with Crippen LogP contribution in [0.1, 0.15) is 5.82 Å². The topological polar surface area (TPSA) is 64.7 Å². The smallest absolute Gasteiger partial charge is 0.259 e. The number of hydrogen-bond donors (Lipinski definition) is 0. The molecular formula is C10H8N4OS2. The molecule has 3 rings (SSSR count). The van der Waals surface area contributed by atoms with Crippen molar-refractivity contribution in [1.82, 2.24) is 20.1 Å². The van der Waals surface area contributed by atoms with Crippen molar-refractivity contribution < 1.29 is 4.52 Å². The summed E-state index contributed by atoms with van der Waals surface area (Å²) in [6.45, 7) is 1.79. The molecule has 0 saturated carbocycles. The molecule has 0 amide bonds. The van der Waals surface area contributed by atoms with Crippen molar-refractivity contribution in [1.29, 1.82) is 0 Å². The molecule has 86 valence electrons. The summed E-state index contributed by atoms with van der Waals surface area (Å²) in [5.74, 6) is 1.12. The molecule has 3 heterocycles. The number of fused-ring (bicyclic) bond motifs is 1. The van der Waals surface area contributed by atoms with Gasteiger partial charge in [0.25, 0.3) is 5.89 Å². The van der Waals surface area contributed by atoms with Crippen LogP contribution >= 0.6 is 23.1 Å².